The molecule has 2 aromatic rings. The van der Waals surface area contributed by atoms with Crippen LogP contribution in [0.5, 0.6) is 0 Å². The standard InChI is InChI=1S/C22H25ClN2O3/c1-22(2,3)28-21(27)25-11-9-24(10-12-25)20-8-7-16(15-26)13-19(20)17-5-4-6-18(23)14-17/h4-8,13-15H,9-12H2,1-3H3. The molecule has 0 bridgehead atoms. The molecule has 0 atom stereocenters. The highest BCUT2D eigenvalue weighted by molar-refractivity contribution is 6.30. The maximum absolute atomic E-state index is 12.3. The van der Waals surface area contributed by atoms with Gasteiger partial charge in [0.15, 0.2) is 0 Å². The number of benzene rings is 2. The minimum Gasteiger partial charge on any atom is -0.444 e. The largest absolute Gasteiger partial charge is 0.444 e. The van der Waals surface area contributed by atoms with Crippen molar-refractivity contribution < 1.29 is 14.3 Å². The molecule has 0 unspecified atom stereocenters. The number of halogens is 1. The summed E-state index contributed by atoms with van der Waals surface area (Å²) in [6.07, 6.45) is 0.566. The van der Waals surface area contributed by atoms with E-state index in [9.17, 15) is 9.59 Å². The quantitative estimate of drug-likeness (QED) is 0.689. The Bertz CT molecular complexity index is 868. The third kappa shape index (κ3) is 4.84. The Hall–Kier alpha value is -2.53. The highest BCUT2D eigenvalue weighted by atomic mass is 35.5. The summed E-state index contributed by atoms with van der Waals surface area (Å²) in [7, 11) is 0. The Balaban J connectivity index is 1.81. The van der Waals surface area contributed by atoms with Gasteiger partial charge in [0.2, 0.25) is 0 Å². The average Bonchev–Trinajstić information content (AvgIpc) is 2.66. The van der Waals surface area contributed by atoms with Gasteiger partial charge in [0, 0.05) is 48.0 Å². The fraction of sp³-hybridized carbons (Fsp3) is 0.364. The number of rotatable bonds is 3. The fourth-order valence-electron chi connectivity index (χ4n) is 3.25. The highest BCUT2D eigenvalue weighted by Crippen LogP contribution is 2.33. The van der Waals surface area contributed by atoms with Crippen LogP contribution in [0.2, 0.25) is 5.02 Å². The second-order valence-electron chi connectivity index (χ2n) is 7.86. The van der Waals surface area contributed by atoms with E-state index < -0.39 is 5.60 Å². The Morgan fingerprint density at radius 3 is 2.39 bits per heavy atom. The second-order valence-corrected chi connectivity index (χ2v) is 8.30. The molecule has 1 heterocycles. The minimum absolute atomic E-state index is 0.279. The molecule has 1 fully saturated rings. The van der Waals surface area contributed by atoms with Crippen molar-refractivity contribution >= 4 is 29.7 Å². The van der Waals surface area contributed by atoms with Crippen LogP contribution in [0.1, 0.15) is 31.1 Å². The number of amides is 1. The van der Waals surface area contributed by atoms with Crippen LogP contribution in [0.15, 0.2) is 42.5 Å². The smallest absolute Gasteiger partial charge is 0.410 e. The molecule has 1 amide bonds. The zero-order valence-corrected chi connectivity index (χ0v) is 17.2. The number of anilines is 1. The van der Waals surface area contributed by atoms with Gasteiger partial charge < -0.3 is 14.5 Å². The number of hydrogen-bond acceptors (Lipinski definition) is 4. The first kappa shape index (κ1) is 20.2. The van der Waals surface area contributed by atoms with Gasteiger partial charge in [0.25, 0.3) is 0 Å². The summed E-state index contributed by atoms with van der Waals surface area (Å²) in [5.41, 5.74) is 3.06. The van der Waals surface area contributed by atoms with E-state index in [4.69, 9.17) is 16.3 Å². The van der Waals surface area contributed by atoms with Crippen molar-refractivity contribution in [3.8, 4) is 11.1 Å². The first-order chi connectivity index (χ1) is 13.3. The molecular weight excluding hydrogens is 376 g/mol. The zero-order chi connectivity index (χ0) is 20.3. The second kappa shape index (κ2) is 8.23. The van der Waals surface area contributed by atoms with E-state index in [1.807, 2.05) is 63.2 Å². The molecule has 3 rings (SSSR count). The van der Waals surface area contributed by atoms with E-state index in [0.717, 1.165) is 23.1 Å². The molecule has 1 saturated heterocycles. The zero-order valence-electron chi connectivity index (χ0n) is 16.4. The van der Waals surface area contributed by atoms with Gasteiger partial charge in [-0.2, -0.15) is 0 Å². The van der Waals surface area contributed by atoms with E-state index in [-0.39, 0.29) is 6.09 Å². The minimum atomic E-state index is -0.501. The Labute approximate surface area is 170 Å². The predicted octanol–water partition coefficient (Wildman–Crippen LogP) is 4.88. The predicted molar refractivity (Wildman–Crippen MR) is 112 cm³/mol. The topological polar surface area (TPSA) is 49.9 Å². The lowest BCUT2D eigenvalue weighted by Gasteiger charge is -2.37. The summed E-state index contributed by atoms with van der Waals surface area (Å²) in [6.45, 7) is 8.15. The monoisotopic (exact) mass is 400 g/mol. The SMILES string of the molecule is CC(C)(C)OC(=O)N1CCN(c2ccc(C=O)cc2-c2cccc(Cl)c2)CC1. The third-order valence-electron chi connectivity index (χ3n) is 4.56. The van der Waals surface area contributed by atoms with Gasteiger partial charge in [-0.1, -0.05) is 23.7 Å². The van der Waals surface area contributed by atoms with Gasteiger partial charge in [-0.15, -0.1) is 0 Å². The molecule has 0 aromatic heterocycles. The molecule has 0 radical (unpaired) electrons. The van der Waals surface area contributed by atoms with Gasteiger partial charge in [0.05, 0.1) is 0 Å². The van der Waals surface area contributed by atoms with E-state index >= 15 is 0 Å². The number of nitrogens with zero attached hydrogens (tertiary/aromatic N) is 2. The van der Waals surface area contributed by atoms with E-state index in [1.165, 1.54) is 0 Å². The van der Waals surface area contributed by atoms with Gasteiger partial charge in [0.1, 0.15) is 11.9 Å². The molecule has 6 heteroatoms. The lowest BCUT2D eigenvalue weighted by Crippen LogP contribution is -2.50. The molecular formula is C22H25ClN2O3. The van der Waals surface area contributed by atoms with Crippen molar-refractivity contribution in [2.24, 2.45) is 0 Å². The molecule has 0 spiro atoms. The number of carbonyl (C=O) groups excluding carboxylic acids is 2. The van der Waals surface area contributed by atoms with Crippen molar-refractivity contribution in [3.63, 3.8) is 0 Å². The van der Waals surface area contributed by atoms with Crippen molar-refractivity contribution in [2.45, 2.75) is 26.4 Å². The lowest BCUT2D eigenvalue weighted by atomic mass is 10.00. The maximum Gasteiger partial charge on any atom is 0.410 e. The lowest BCUT2D eigenvalue weighted by molar-refractivity contribution is 0.0240. The van der Waals surface area contributed by atoms with Crippen molar-refractivity contribution in [3.05, 3.63) is 53.1 Å². The first-order valence-electron chi connectivity index (χ1n) is 9.35. The summed E-state index contributed by atoms with van der Waals surface area (Å²) in [5.74, 6) is 0. The summed E-state index contributed by atoms with van der Waals surface area (Å²) in [4.78, 5) is 27.5. The number of piperazine rings is 1. The van der Waals surface area contributed by atoms with Crippen LogP contribution in [-0.4, -0.2) is 49.1 Å². The van der Waals surface area contributed by atoms with Crippen LogP contribution >= 0.6 is 11.6 Å². The van der Waals surface area contributed by atoms with Crippen molar-refractivity contribution in [2.75, 3.05) is 31.1 Å². The van der Waals surface area contributed by atoms with Gasteiger partial charge in [-0.3, -0.25) is 4.79 Å². The molecule has 148 valence electrons. The fourth-order valence-corrected chi connectivity index (χ4v) is 3.44. The van der Waals surface area contributed by atoms with Crippen LogP contribution in [-0.2, 0) is 4.74 Å². The molecule has 1 aliphatic rings. The molecule has 0 aliphatic carbocycles. The molecule has 28 heavy (non-hydrogen) atoms. The molecule has 0 saturated carbocycles. The Kier molecular flexibility index (Phi) is 5.94. The van der Waals surface area contributed by atoms with Crippen LogP contribution in [0.4, 0.5) is 10.5 Å². The van der Waals surface area contributed by atoms with E-state index in [0.29, 0.717) is 36.8 Å². The maximum atomic E-state index is 12.3. The molecule has 5 nitrogen and oxygen atoms in total. The van der Waals surface area contributed by atoms with E-state index in [2.05, 4.69) is 4.90 Å². The summed E-state index contributed by atoms with van der Waals surface area (Å²) in [5, 5.41) is 0.648. The molecule has 2 aromatic carbocycles. The van der Waals surface area contributed by atoms with Gasteiger partial charge in [-0.05, 0) is 56.7 Å². The van der Waals surface area contributed by atoms with Gasteiger partial charge >= 0.3 is 6.09 Å². The third-order valence-corrected chi connectivity index (χ3v) is 4.80. The van der Waals surface area contributed by atoms with Crippen LogP contribution in [0.25, 0.3) is 11.1 Å². The number of hydrogen-bond donors (Lipinski definition) is 0. The van der Waals surface area contributed by atoms with Gasteiger partial charge in [-0.25, -0.2) is 4.79 Å². The number of carbonyl (C=O) groups is 2. The first-order valence-corrected chi connectivity index (χ1v) is 9.73. The van der Waals surface area contributed by atoms with Crippen molar-refractivity contribution in [1.29, 1.82) is 0 Å². The van der Waals surface area contributed by atoms with Crippen LogP contribution in [0, 0.1) is 0 Å². The van der Waals surface area contributed by atoms with Crippen LogP contribution in [0.3, 0.4) is 0 Å². The summed E-state index contributed by atoms with van der Waals surface area (Å²) < 4.78 is 5.47. The average molecular weight is 401 g/mol. The Morgan fingerprint density at radius 2 is 1.79 bits per heavy atom. The molecule has 1 aliphatic heterocycles. The number of aldehydes is 1. The Morgan fingerprint density at radius 1 is 1.07 bits per heavy atom. The highest BCUT2D eigenvalue weighted by Gasteiger charge is 2.26. The summed E-state index contributed by atoms with van der Waals surface area (Å²) in [6, 6.07) is 13.3. The molecule has 0 N–H and O–H groups in total. The van der Waals surface area contributed by atoms with E-state index in [1.54, 1.807) is 4.90 Å². The normalized spacial score (nSPS) is 14.7. The van der Waals surface area contributed by atoms with Crippen LogP contribution < -0.4 is 4.90 Å². The number of ether oxygens (including phenoxy) is 1. The van der Waals surface area contributed by atoms with Crippen molar-refractivity contribution in [1.82, 2.24) is 4.90 Å². The summed E-state index contributed by atoms with van der Waals surface area (Å²) >= 11 is 6.17.